The Balaban J connectivity index is 1.13. The number of rotatable bonds is 4. The quantitative estimate of drug-likeness (QED) is 0.170. The van der Waals surface area contributed by atoms with Crippen LogP contribution in [0.15, 0.2) is 203 Å². The lowest BCUT2D eigenvalue weighted by molar-refractivity contribution is 0.664. The summed E-state index contributed by atoms with van der Waals surface area (Å²) in [5.74, 6) is 0. The van der Waals surface area contributed by atoms with Gasteiger partial charge in [0.1, 0.15) is 22.3 Å². The van der Waals surface area contributed by atoms with Crippen LogP contribution in [0.2, 0.25) is 0 Å². The first-order valence-corrected chi connectivity index (χ1v) is 19.2. The summed E-state index contributed by atoms with van der Waals surface area (Å²) in [7, 11) is 0. The van der Waals surface area contributed by atoms with Crippen LogP contribution < -0.4 is 0 Å². The second-order valence-electron chi connectivity index (χ2n) is 14.7. The van der Waals surface area contributed by atoms with Crippen LogP contribution in [0.25, 0.3) is 121 Å². The molecule has 0 unspecified atom stereocenters. The average molecular weight is 713 g/mol. The predicted molar refractivity (Wildman–Crippen MR) is 235 cm³/mol. The highest BCUT2D eigenvalue weighted by Crippen LogP contribution is 2.48. The fourth-order valence-corrected chi connectivity index (χ4v) is 9.19. The van der Waals surface area contributed by atoms with E-state index in [1.165, 1.54) is 60.1 Å². The summed E-state index contributed by atoms with van der Waals surface area (Å²) in [4.78, 5) is 0. The zero-order chi connectivity index (χ0) is 36.7. The molecule has 2 nitrogen and oxygen atoms in total. The maximum Gasteiger partial charge on any atom is 0.144 e. The van der Waals surface area contributed by atoms with Gasteiger partial charge >= 0.3 is 0 Å². The molecule has 56 heavy (non-hydrogen) atoms. The monoisotopic (exact) mass is 712 g/mol. The maximum absolute atomic E-state index is 6.72. The molecule has 0 saturated carbocycles. The standard InChI is InChI=1S/C54H32O2/c1-3-14-33(15-4-1)38-24-13-18-35-26-27-36(30-44(35)38)50-39-19-7-9-21-41(39)51(42-22-10-8-20-40(42)50)37-28-29-48-46(31-37)52-49(55-48)32-45(34-16-5-2-6-17-34)54-53(52)43-23-11-12-25-47(43)56-54/h1-32H. The Morgan fingerprint density at radius 3 is 1.46 bits per heavy atom. The summed E-state index contributed by atoms with van der Waals surface area (Å²) < 4.78 is 13.4. The Morgan fingerprint density at radius 1 is 0.268 bits per heavy atom. The fourth-order valence-electron chi connectivity index (χ4n) is 9.19. The van der Waals surface area contributed by atoms with Gasteiger partial charge in [-0.25, -0.2) is 0 Å². The van der Waals surface area contributed by atoms with Gasteiger partial charge in [-0.3, -0.25) is 0 Å². The number of benzene rings is 10. The van der Waals surface area contributed by atoms with Gasteiger partial charge in [0.25, 0.3) is 0 Å². The minimum atomic E-state index is 0.853. The molecule has 0 amide bonds. The second-order valence-corrected chi connectivity index (χ2v) is 14.7. The smallest absolute Gasteiger partial charge is 0.144 e. The summed E-state index contributed by atoms with van der Waals surface area (Å²) in [5.41, 5.74) is 12.9. The fraction of sp³-hybridized carbons (Fsp3) is 0. The van der Waals surface area contributed by atoms with Gasteiger partial charge in [0.2, 0.25) is 0 Å². The van der Waals surface area contributed by atoms with Crippen molar-refractivity contribution in [2.75, 3.05) is 0 Å². The Hall–Kier alpha value is -7.42. The molecule has 0 spiro atoms. The van der Waals surface area contributed by atoms with Crippen molar-refractivity contribution in [1.82, 2.24) is 0 Å². The third kappa shape index (κ3) is 4.57. The van der Waals surface area contributed by atoms with Crippen molar-refractivity contribution in [1.29, 1.82) is 0 Å². The molecule has 12 aromatic rings. The molecule has 0 aliphatic heterocycles. The summed E-state index contributed by atoms with van der Waals surface area (Å²) in [5, 5.41) is 11.7. The van der Waals surface area contributed by atoms with Crippen LogP contribution in [-0.4, -0.2) is 0 Å². The molecule has 260 valence electrons. The molecule has 0 radical (unpaired) electrons. The van der Waals surface area contributed by atoms with E-state index in [-0.39, 0.29) is 0 Å². The highest BCUT2D eigenvalue weighted by atomic mass is 16.3. The lowest BCUT2D eigenvalue weighted by Gasteiger charge is -2.18. The molecule has 2 heteroatoms. The molecular weight excluding hydrogens is 681 g/mol. The first kappa shape index (κ1) is 31.0. The van der Waals surface area contributed by atoms with E-state index in [1.54, 1.807) is 0 Å². The van der Waals surface area contributed by atoms with E-state index in [4.69, 9.17) is 8.83 Å². The van der Waals surface area contributed by atoms with Crippen LogP contribution in [0.5, 0.6) is 0 Å². The molecule has 0 N–H and O–H groups in total. The van der Waals surface area contributed by atoms with Crippen LogP contribution in [0.3, 0.4) is 0 Å². The van der Waals surface area contributed by atoms with E-state index >= 15 is 0 Å². The Kier molecular flexibility index (Phi) is 6.66. The van der Waals surface area contributed by atoms with Crippen molar-refractivity contribution < 1.29 is 8.83 Å². The molecule has 0 bridgehead atoms. The van der Waals surface area contributed by atoms with Crippen molar-refractivity contribution in [2.45, 2.75) is 0 Å². The molecule has 0 atom stereocenters. The van der Waals surface area contributed by atoms with Crippen LogP contribution in [0.4, 0.5) is 0 Å². The molecule has 2 aromatic heterocycles. The third-order valence-corrected chi connectivity index (χ3v) is 11.6. The van der Waals surface area contributed by atoms with E-state index in [9.17, 15) is 0 Å². The van der Waals surface area contributed by atoms with Gasteiger partial charge in [0.05, 0.1) is 0 Å². The predicted octanol–water partition coefficient (Wildman–Crippen LogP) is 15.6. The van der Waals surface area contributed by atoms with Crippen molar-refractivity contribution >= 4 is 76.2 Å². The normalized spacial score (nSPS) is 11.9. The summed E-state index contributed by atoms with van der Waals surface area (Å²) in [6.07, 6.45) is 0. The minimum absolute atomic E-state index is 0.853. The van der Waals surface area contributed by atoms with E-state index in [0.29, 0.717) is 0 Å². The first-order valence-electron chi connectivity index (χ1n) is 19.2. The Labute approximate surface area is 322 Å². The van der Waals surface area contributed by atoms with Gasteiger partial charge in [-0.1, -0.05) is 164 Å². The van der Waals surface area contributed by atoms with Crippen LogP contribution in [-0.2, 0) is 0 Å². The number of hydrogen-bond donors (Lipinski definition) is 0. The summed E-state index contributed by atoms with van der Waals surface area (Å²) in [6.45, 7) is 0. The largest absolute Gasteiger partial charge is 0.456 e. The molecule has 2 heterocycles. The lowest BCUT2D eigenvalue weighted by Crippen LogP contribution is -1.91. The maximum atomic E-state index is 6.72. The highest BCUT2D eigenvalue weighted by molar-refractivity contribution is 6.29. The van der Waals surface area contributed by atoms with E-state index in [1.807, 2.05) is 12.1 Å². The zero-order valence-electron chi connectivity index (χ0n) is 30.3. The third-order valence-electron chi connectivity index (χ3n) is 11.6. The molecule has 0 saturated heterocycles. The zero-order valence-corrected chi connectivity index (χ0v) is 30.3. The van der Waals surface area contributed by atoms with Crippen molar-refractivity contribution in [3.8, 4) is 44.5 Å². The van der Waals surface area contributed by atoms with Crippen LogP contribution >= 0.6 is 0 Å². The summed E-state index contributed by atoms with van der Waals surface area (Å²) in [6, 6.07) is 69.7. The molecule has 0 aliphatic rings. The van der Waals surface area contributed by atoms with Gasteiger partial charge < -0.3 is 8.83 Å². The molecule has 12 rings (SSSR count). The van der Waals surface area contributed by atoms with Crippen molar-refractivity contribution in [3.05, 3.63) is 194 Å². The summed E-state index contributed by atoms with van der Waals surface area (Å²) >= 11 is 0. The van der Waals surface area contributed by atoms with Gasteiger partial charge in [-0.05, 0) is 102 Å². The number of furan rings is 2. The van der Waals surface area contributed by atoms with Gasteiger partial charge in [0.15, 0.2) is 0 Å². The van der Waals surface area contributed by atoms with E-state index in [2.05, 4.69) is 182 Å². The first-order chi connectivity index (χ1) is 27.8. The Bertz CT molecular complexity index is 3460. The molecule has 10 aromatic carbocycles. The molecular formula is C54H32O2. The van der Waals surface area contributed by atoms with E-state index in [0.717, 1.165) is 60.6 Å². The molecule has 0 aliphatic carbocycles. The Morgan fingerprint density at radius 2 is 0.804 bits per heavy atom. The van der Waals surface area contributed by atoms with Crippen LogP contribution in [0.1, 0.15) is 0 Å². The topological polar surface area (TPSA) is 26.3 Å². The van der Waals surface area contributed by atoms with E-state index < -0.39 is 0 Å². The molecule has 0 fully saturated rings. The lowest BCUT2D eigenvalue weighted by atomic mass is 9.85. The average Bonchev–Trinajstić information content (AvgIpc) is 3.83. The van der Waals surface area contributed by atoms with Crippen molar-refractivity contribution in [2.24, 2.45) is 0 Å². The minimum Gasteiger partial charge on any atom is -0.456 e. The van der Waals surface area contributed by atoms with Gasteiger partial charge in [-0.2, -0.15) is 0 Å². The van der Waals surface area contributed by atoms with Crippen LogP contribution in [0, 0.1) is 0 Å². The number of hydrogen-bond acceptors (Lipinski definition) is 2. The highest BCUT2D eigenvalue weighted by Gasteiger charge is 2.22. The number of para-hydroxylation sites is 1. The van der Waals surface area contributed by atoms with Gasteiger partial charge in [-0.15, -0.1) is 0 Å². The van der Waals surface area contributed by atoms with Crippen molar-refractivity contribution in [3.63, 3.8) is 0 Å². The number of fused-ring (bicyclic) bond motifs is 10. The second kappa shape index (κ2) is 12.0. The van der Waals surface area contributed by atoms with Gasteiger partial charge in [0, 0.05) is 27.1 Å². The SMILES string of the molecule is c1ccc(-c2cccc3ccc(-c4c5ccccc5c(-c5ccc6oc7cc(-c8ccccc8)c8oc9ccccc9c8c7c6c5)c5ccccc45)cc23)cc1.